The molecule has 0 rings (SSSR count). The van der Waals surface area contributed by atoms with Crippen LogP contribution in [0.2, 0.25) is 0 Å². The summed E-state index contributed by atoms with van der Waals surface area (Å²) in [5.41, 5.74) is 0. The first kappa shape index (κ1) is 17.7. The van der Waals surface area contributed by atoms with E-state index in [-0.39, 0.29) is 24.0 Å². The minimum atomic E-state index is -0.527. The lowest BCUT2D eigenvalue weighted by Gasteiger charge is -2.21. The van der Waals surface area contributed by atoms with E-state index in [1.54, 1.807) is 21.0 Å². The number of likely N-dealkylation sites (N-methyl/N-ethyl adjacent to an activating group) is 2. The Morgan fingerprint density at radius 2 is 1.63 bits per heavy atom. The molecule has 0 radical (unpaired) electrons. The van der Waals surface area contributed by atoms with Crippen LogP contribution in [-0.2, 0) is 19.1 Å². The summed E-state index contributed by atoms with van der Waals surface area (Å²) in [4.78, 5) is 34.1. The van der Waals surface area contributed by atoms with Gasteiger partial charge >= 0.3 is 5.97 Å². The fraction of sp³-hybridized carbons (Fsp3) is 0.769. The standard InChI is InChI=1S/C13H24N2O4/c1-8(16)11(14-4)6-7-12(18)19-10(3)13(15-5)9(2)17/h10-11,13-15H,6-7H2,1-5H3. The highest BCUT2D eigenvalue weighted by molar-refractivity contribution is 5.83. The SMILES string of the molecule is CNC(CCC(=O)OC(C)C(NC)C(C)=O)C(C)=O. The Labute approximate surface area is 114 Å². The van der Waals surface area contributed by atoms with Crippen LogP contribution in [0, 0.1) is 0 Å². The van der Waals surface area contributed by atoms with E-state index in [1.165, 1.54) is 13.8 Å². The number of esters is 1. The Morgan fingerprint density at radius 1 is 1.05 bits per heavy atom. The molecule has 0 heterocycles. The van der Waals surface area contributed by atoms with Gasteiger partial charge in [0, 0.05) is 6.42 Å². The molecule has 0 aliphatic heterocycles. The fourth-order valence-corrected chi connectivity index (χ4v) is 1.92. The van der Waals surface area contributed by atoms with Crippen LogP contribution in [0.15, 0.2) is 0 Å². The Morgan fingerprint density at radius 3 is 2.00 bits per heavy atom. The lowest BCUT2D eigenvalue weighted by Crippen LogP contribution is -2.44. The highest BCUT2D eigenvalue weighted by atomic mass is 16.5. The first-order valence-electron chi connectivity index (χ1n) is 6.38. The van der Waals surface area contributed by atoms with Crippen molar-refractivity contribution in [3.05, 3.63) is 0 Å². The summed E-state index contributed by atoms with van der Waals surface area (Å²) in [5.74, 6) is -0.504. The van der Waals surface area contributed by atoms with Crippen molar-refractivity contribution in [2.45, 2.75) is 51.8 Å². The largest absolute Gasteiger partial charge is 0.461 e. The molecule has 0 aliphatic carbocycles. The third-order valence-electron chi connectivity index (χ3n) is 3.01. The molecule has 0 saturated carbocycles. The van der Waals surface area contributed by atoms with E-state index in [0.29, 0.717) is 6.42 Å². The predicted octanol–water partition coefficient (Wildman–Crippen LogP) is 0.0523. The third kappa shape index (κ3) is 6.45. The molecule has 0 saturated heterocycles. The maximum atomic E-state index is 11.6. The van der Waals surface area contributed by atoms with Gasteiger partial charge in [0.25, 0.3) is 0 Å². The molecule has 0 amide bonds. The van der Waals surface area contributed by atoms with Gasteiger partial charge in [0.15, 0.2) is 0 Å². The fourth-order valence-electron chi connectivity index (χ4n) is 1.92. The number of carbonyl (C=O) groups excluding carboxylic acids is 3. The van der Waals surface area contributed by atoms with E-state index >= 15 is 0 Å². The number of rotatable bonds is 9. The summed E-state index contributed by atoms with van der Waals surface area (Å²) in [5, 5.41) is 5.65. The molecule has 2 N–H and O–H groups in total. The highest BCUT2D eigenvalue weighted by Gasteiger charge is 2.24. The average Bonchev–Trinajstić information content (AvgIpc) is 2.29. The zero-order chi connectivity index (χ0) is 15.0. The van der Waals surface area contributed by atoms with Gasteiger partial charge < -0.3 is 15.4 Å². The first-order valence-corrected chi connectivity index (χ1v) is 6.38. The number of ether oxygens (including phenoxy) is 1. The number of Topliss-reactive ketones (excluding diaryl/α,β-unsaturated/α-hetero) is 2. The molecule has 0 aromatic carbocycles. The summed E-state index contributed by atoms with van der Waals surface area (Å²) in [7, 11) is 3.32. The molecule has 3 atom stereocenters. The van der Waals surface area contributed by atoms with E-state index in [9.17, 15) is 14.4 Å². The molecule has 0 aliphatic rings. The van der Waals surface area contributed by atoms with Gasteiger partial charge in [-0.2, -0.15) is 0 Å². The predicted molar refractivity (Wildman–Crippen MR) is 71.8 cm³/mol. The number of nitrogens with one attached hydrogen (secondary N) is 2. The quantitative estimate of drug-likeness (QED) is 0.577. The van der Waals surface area contributed by atoms with Crippen LogP contribution in [0.25, 0.3) is 0 Å². The van der Waals surface area contributed by atoms with Gasteiger partial charge in [0.05, 0.1) is 6.04 Å². The van der Waals surface area contributed by atoms with Gasteiger partial charge in [0.2, 0.25) is 0 Å². The molecule has 0 bridgehead atoms. The second-order valence-corrected chi connectivity index (χ2v) is 4.56. The second kappa shape index (κ2) is 8.77. The molecule has 6 heteroatoms. The van der Waals surface area contributed by atoms with Gasteiger partial charge in [-0.1, -0.05) is 0 Å². The number of hydrogen-bond acceptors (Lipinski definition) is 6. The van der Waals surface area contributed by atoms with E-state index in [2.05, 4.69) is 10.6 Å². The van der Waals surface area contributed by atoms with Crippen molar-refractivity contribution in [2.75, 3.05) is 14.1 Å². The molecule has 0 aromatic rings. The summed E-state index contributed by atoms with van der Waals surface area (Å²) in [6.07, 6.45) is 0.00574. The van der Waals surface area contributed by atoms with Crippen LogP contribution in [-0.4, -0.2) is 49.8 Å². The van der Waals surface area contributed by atoms with Crippen LogP contribution in [0.5, 0.6) is 0 Å². The summed E-state index contributed by atoms with van der Waals surface area (Å²) < 4.78 is 5.18. The molecule has 0 spiro atoms. The van der Waals surface area contributed by atoms with Crippen LogP contribution in [0.3, 0.4) is 0 Å². The minimum absolute atomic E-state index is 0.0137. The number of ketones is 2. The molecule has 6 nitrogen and oxygen atoms in total. The molecular formula is C13H24N2O4. The van der Waals surface area contributed by atoms with Crippen molar-refractivity contribution in [2.24, 2.45) is 0 Å². The maximum absolute atomic E-state index is 11.6. The second-order valence-electron chi connectivity index (χ2n) is 4.56. The molecular weight excluding hydrogens is 248 g/mol. The number of hydrogen-bond donors (Lipinski definition) is 2. The normalized spacial score (nSPS) is 15.4. The lowest BCUT2D eigenvalue weighted by molar-refractivity contribution is -0.150. The monoisotopic (exact) mass is 272 g/mol. The van der Waals surface area contributed by atoms with Crippen molar-refractivity contribution in [1.29, 1.82) is 0 Å². The van der Waals surface area contributed by atoms with Gasteiger partial charge in [-0.05, 0) is 41.3 Å². The Hall–Kier alpha value is -1.27. The van der Waals surface area contributed by atoms with Crippen LogP contribution in [0.4, 0.5) is 0 Å². The van der Waals surface area contributed by atoms with Crippen molar-refractivity contribution in [3.63, 3.8) is 0 Å². The van der Waals surface area contributed by atoms with Crippen LogP contribution in [0.1, 0.15) is 33.6 Å². The minimum Gasteiger partial charge on any atom is -0.461 e. The third-order valence-corrected chi connectivity index (χ3v) is 3.01. The Kier molecular flexibility index (Phi) is 8.18. The Balaban J connectivity index is 4.24. The van der Waals surface area contributed by atoms with Crippen molar-refractivity contribution in [3.8, 4) is 0 Å². The maximum Gasteiger partial charge on any atom is 0.306 e. The number of carbonyl (C=O) groups is 3. The molecule has 0 aromatic heterocycles. The van der Waals surface area contributed by atoms with Crippen molar-refractivity contribution < 1.29 is 19.1 Å². The van der Waals surface area contributed by atoms with E-state index in [1.807, 2.05) is 0 Å². The first-order chi connectivity index (χ1) is 8.83. The molecule has 19 heavy (non-hydrogen) atoms. The molecule has 110 valence electrons. The van der Waals surface area contributed by atoms with Crippen LogP contribution < -0.4 is 10.6 Å². The van der Waals surface area contributed by atoms with Gasteiger partial charge in [0.1, 0.15) is 23.7 Å². The summed E-state index contributed by atoms with van der Waals surface area (Å²) >= 11 is 0. The van der Waals surface area contributed by atoms with E-state index in [4.69, 9.17) is 4.74 Å². The lowest BCUT2D eigenvalue weighted by atomic mass is 10.1. The topological polar surface area (TPSA) is 84.5 Å². The van der Waals surface area contributed by atoms with Crippen molar-refractivity contribution in [1.82, 2.24) is 10.6 Å². The Bertz CT molecular complexity index is 331. The van der Waals surface area contributed by atoms with E-state index < -0.39 is 18.1 Å². The van der Waals surface area contributed by atoms with Gasteiger partial charge in [-0.3, -0.25) is 14.4 Å². The molecule has 3 unspecified atom stereocenters. The van der Waals surface area contributed by atoms with Gasteiger partial charge in [-0.15, -0.1) is 0 Å². The summed E-state index contributed by atoms with van der Waals surface area (Å²) in [6.45, 7) is 4.58. The zero-order valence-corrected chi connectivity index (χ0v) is 12.3. The van der Waals surface area contributed by atoms with Crippen molar-refractivity contribution >= 4 is 17.5 Å². The van der Waals surface area contributed by atoms with E-state index in [0.717, 1.165) is 0 Å². The average molecular weight is 272 g/mol. The summed E-state index contributed by atoms with van der Waals surface area (Å²) in [6, 6.07) is -0.840. The smallest absolute Gasteiger partial charge is 0.306 e. The zero-order valence-electron chi connectivity index (χ0n) is 12.3. The van der Waals surface area contributed by atoms with Gasteiger partial charge in [-0.25, -0.2) is 0 Å². The molecule has 0 fully saturated rings. The highest BCUT2D eigenvalue weighted by Crippen LogP contribution is 2.05. The van der Waals surface area contributed by atoms with Crippen LogP contribution >= 0.6 is 0 Å².